The predicted molar refractivity (Wildman–Crippen MR) is 76.0 cm³/mol. The highest BCUT2D eigenvalue weighted by Crippen LogP contribution is 2.49. The molecule has 0 radical (unpaired) electrons. The molecule has 0 saturated heterocycles. The van der Waals surface area contributed by atoms with Gasteiger partial charge in [0.25, 0.3) is 5.75 Å². The van der Waals surface area contributed by atoms with Crippen LogP contribution in [-0.2, 0) is 0 Å². The van der Waals surface area contributed by atoms with Crippen LogP contribution >= 0.6 is 0 Å². The molecule has 0 aliphatic carbocycles. The Morgan fingerprint density at radius 1 is 0.652 bits per heavy atom. The molecule has 0 unspecified atom stereocenters. The van der Waals surface area contributed by atoms with Gasteiger partial charge in [0.05, 0.1) is 0 Å². The predicted octanol–water partition coefficient (Wildman–Crippen LogP) is -0.382. The molecular weight excluding hydrogens is 328 g/mol. The second-order valence-corrected chi connectivity index (χ2v) is 4.61. The van der Waals surface area contributed by atoms with Crippen LogP contribution in [0.5, 0.6) is 34.5 Å². The summed E-state index contributed by atoms with van der Waals surface area (Å²) in [5.41, 5.74) is -0.0920. The lowest BCUT2D eigenvalue weighted by atomic mass is 10.1. The Labute approximate surface area is 135 Å². The van der Waals surface area contributed by atoms with Crippen LogP contribution in [-0.4, -0.2) is 30.6 Å². The van der Waals surface area contributed by atoms with Crippen LogP contribution in [0.25, 0.3) is 22.3 Å². The van der Waals surface area contributed by atoms with Gasteiger partial charge in [0, 0.05) is 6.07 Å². The summed E-state index contributed by atoms with van der Waals surface area (Å²) >= 11 is 0. The third-order valence-corrected chi connectivity index (χ3v) is 3.27. The van der Waals surface area contributed by atoms with Crippen LogP contribution in [0.1, 0.15) is 0 Å². The van der Waals surface area contributed by atoms with Gasteiger partial charge in [0.1, 0.15) is 11.3 Å². The van der Waals surface area contributed by atoms with Crippen LogP contribution in [0.2, 0.25) is 0 Å². The Bertz CT molecular complexity index is 908. The van der Waals surface area contributed by atoms with Crippen molar-refractivity contribution in [3.05, 3.63) is 30.3 Å². The van der Waals surface area contributed by atoms with Crippen molar-refractivity contribution in [2.45, 2.75) is 0 Å². The number of phenolic OH excluding ortho intramolecular Hbond substituents is 4. The van der Waals surface area contributed by atoms with Gasteiger partial charge in [0.15, 0.2) is 22.6 Å². The minimum absolute atomic E-state index is 0. The lowest BCUT2D eigenvalue weighted by Gasteiger charge is -2.05. The lowest BCUT2D eigenvalue weighted by Crippen LogP contribution is -3.00. The maximum Gasteiger partial charge on any atom is 0.409 e. The number of rotatable bonds is 1. The van der Waals surface area contributed by atoms with E-state index in [0.29, 0.717) is 0 Å². The van der Waals surface area contributed by atoms with Crippen molar-refractivity contribution in [2.24, 2.45) is 0 Å². The molecule has 120 valence electrons. The number of benzene rings is 2. The highest BCUT2D eigenvalue weighted by molar-refractivity contribution is 5.94. The van der Waals surface area contributed by atoms with Crippen LogP contribution in [0.15, 0.2) is 34.7 Å². The third-order valence-electron chi connectivity index (χ3n) is 3.27. The summed E-state index contributed by atoms with van der Waals surface area (Å²) in [6.45, 7) is 0. The van der Waals surface area contributed by atoms with E-state index in [1.807, 2.05) is 0 Å². The van der Waals surface area contributed by atoms with Crippen molar-refractivity contribution in [3.63, 3.8) is 0 Å². The van der Waals surface area contributed by atoms with E-state index in [0.717, 1.165) is 6.07 Å². The Morgan fingerprint density at radius 2 is 1.35 bits per heavy atom. The van der Waals surface area contributed by atoms with Crippen molar-refractivity contribution < 1.29 is 47.5 Å². The van der Waals surface area contributed by atoms with Crippen molar-refractivity contribution in [2.75, 3.05) is 0 Å². The molecule has 0 atom stereocenters. The largest absolute Gasteiger partial charge is 1.00 e. The van der Waals surface area contributed by atoms with Gasteiger partial charge in [-0.25, -0.2) is 4.42 Å². The molecule has 0 bridgehead atoms. The summed E-state index contributed by atoms with van der Waals surface area (Å²) in [5.74, 6) is -4.05. The number of phenols is 4. The Balaban J connectivity index is 0.00000192. The molecule has 3 rings (SSSR count). The smallest absolute Gasteiger partial charge is 0.409 e. The number of fused-ring (bicyclic) bond motifs is 1. The van der Waals surface area contributed by atoms with Gasteiger partial charge in [-0.05, 0) is 24.3 Å². The van der Waals surface area contributed by atoms with Crippen molar-refractivity contribution in [1.29, 1.82) is 0 Å². The molecule has 7 nitrogen and oxygen atoms in total. The summed E-state index contributed by atoms with van der Waals surface area (Å²) in [7, 11) is 0. The molecule has 8 heteroatoms. The molecule has 3 aromatic rings. The molecule has 1 heterocycles. The highest BCUT2D eigenvalue weighted by atomic mass is 35.5. The fraction of sp³-hybridized carbons (Fsp3) is 0. The number of hydrogen-bond donors (Lipinski definition) is 6. The maximum absolute atomic E-state index is 10.0. The van der Waals surface area contributed by atoms with Gasteiger partial charge >= 0.3 is 11.3 Å². The summed E-state index contributed by atoms with van der Waals surface area (Å²) in [4.78, 5) is 0. The van der Waals surface area contributed by atoms with Gasteiger partial charge in [-0.15, -0.1) is 0 Å². The first kappa shape index (κ1) is 16.3. The highest BCUT2D eigenvalue weighted by Gasteiger charge is 2.31. The number of hydrogen-bond acceptors (Lipinski definition) is 6. The summed E-state index contributed by atoms with van der Waals surface area (Å²) < 4.78 is 5.39. The van der Waals surface area contributed by atoms with Crippen LogP contribution in [0.3, 0.4) is 0 Å². The molecule has 0 saturated carbocycles. The first-order chi connectivity index (χ1) is 10.4. The van der Waals surface area contributed by atoms with Gasteiger partial charge in [0.2, 0.25) is 5.75 Å². The fourth-order valence-electron chi connectivity index (χ4n) is 2.16. The van der Waals surface area contributed by atoms with E-state index in [9.17, 15) is 30.6 Å². The standard InChI is InChI=1S/C15H10O7.ClH/c16-7-2-1-3-9-10(7)13(20)14(21)15(22-9)6-4-5-8(17)12(19)11(6)18;/h1-5H,(H5-,16,17,18,19,20,21);1H. The van der Waals surface area contributed by atoms with Crippen molar-refractivity contribution >= 4 is 11.0 Å². The monoisotopic (exact) mass is 338 g/mol. The number of halogens is 1. The van der Waals surface area contributed by atoms with E-state index >= 15 is 0 Å². The minimum atomic E-state index is -0.789. The average molecular weight is 339 g/mol. The Morgan fingerprint density at radius 3 is 2.04 bits per heavy atom. The number of aromatic hydroxyl groups is 6. The van der Waals surface area contributed by atoms with E-state index in [4.69, 9.17) is 4.42 Å². The molecule has 6 N–H and O–H groups in total. The van der Waals surface area contributed by atoms with Crippen LogP contribution < -0.4 is 12.4 Å². The average Bonchev–Trinajstić information content (AvgIpc) is 2.49. The van der Waals surface area contributed by atoms with Gasteiger partial charge in [-0.3, -0.25) is 0 Å². The summed E-state index contributed by atoms with van der Waals surface area (Å²) in [6, 6.07) is 6.49. The first-order valence-electron chi connectivity index (χ1n) is 6.15. The summed E-state index contributed by atoms with van der Waals surface area (Å²) in [5, 5.41) is 58.4. The molecule has 1 aromatic heterocycles. The molecular formula is C15H11ClO7. The second kappa shape index (κ2) is 5.62. The molecule has 0 spiro atoms. The quantitative estimate of drug-likeness (QED) is 0.263. The van der Waals surface area contributed by atoms with E-state index in [1.54, 1.807) is 0 Å². The molecule has 0 aliphatic heterocycles. The zero-order valence-electron chi connectivity index (χ0n) is 11.4. The fourth-order valence-corrected chi connectivity index (χ4v) is 2.16. The molecule has 0 fully saturated rings. The van der Waals surface area contributed by atoms with Gasteiger partial charge in [-0.1, -0.05) is 0 Å². The van der Waals surface area contributed by atoms with Crippen molar-refractivity contribution in [3.8, 4) is 45.8 Å². The lowest BCUT2D eigenvalue weighted by molar-refractivity contribution is -0.0000101. The molecule has 0 aliphatic rings. The topological polar surface area (TPSA) is 133 Å². The Kier molecular flexibility index (Phi) is 3.98. The zero-order valence-corrected chi connectivity index (χ0v) is 12.1. The molecule has 2 aromatic carbocycles. The minimum Gasteiger partial charge on any atom is -1.00 e. The first-order valence-corrected chi connectivity index (χ1v) is 6.15. The van der Waals surface area contributed by atoms with E-state index < -0.39 is 28.7 Å². The van der Waals surface area contributed by atoms with Gasteiger partial charge < -0.3 is 43.0 Å². The third kappa shape index (κ3) is 2.36. The summed E-state index contributed by atoms with van der Waals surface area (Å²) in [6.07, 6.45) is 0. The molecule has 0 amide bonds. The SMILES string of the molecule is Oc1ccc(-c2[o+]c3cccc(O)c3c(O)c2O)c(O)c1O.[Cl-]. The second-order valence-electron chi connectivity index (χ2n) is 4.61. The van der Waals surface area contributed by atoms with E-state index in [2.05, 4.69) is 0 Å². The Hall–Kier alpha value is -3.06. The van der Waals surface area contributed by atoms with Crippen LogP contribution in [0, 0.1) is 0 Å². The maximum atomic E-state index is 10.0. The molecule has 23 heavy (non-hydrogen) atoms. The zero-order chi connectivity index (χ0) is 16.0. The normalized spacial score (nSPS) is 10.4. The van der Waals surface area contributed by atoms with Crippen LogP contribution in [0.4, 0.5) is 0 Å². The van der Waals surface area contributed by atoms with E-state index in [1.165, 1.54) is 24.3 Å². The van der Waals surface area contributed by atoms with Gasteiger partial charge in [-0.2, -0.15) is 0 Å². The van der Waals surface area contributed by atoms with Crippen molar-refractivity contribution in [1.82, 2.24) is 0 Å². The van der Waals surface area contributed by atoms with E-state index in [-0.39, 0.29) is 40.4 Å².